The van der Waals surface area contributed by atoms with Gasteiger partial charge in [0.05, 0.1) is 5.69 Å². The van der Waals surface area contributed by atoms with E-state index in [1.54, 1.807) is 0 Å². The molecular formula is C17H21N3O2S. The van der Waals surface area contributed by atoms with Gasteiger partial charge in [0.2, 0.25) is 0 Å². The number of hydrogen-bond acceptors (Lipinski definition) is 4. The summed E-state index contributed by atoms with van der Waals surface area (Å²) in [5.74, 6) is -0.0967. The molecule has 122 valence electrons. The monoisotopic (exact) mass is 331 g/mol. The number of allylic oxidation sites excluding steroid dienone is 1. The van der Waals surface area contributed by atoms with Gasteiger partial charge in [-0.2, -0.15) is 0 Å². The topological polar surface area (TPSA) is 56.2 Å². The van der Waals surface area contributed by atoms with Crippen LogP contribution in [0.1, 0.15) is 24.2 Å². The number of hydrogen-bond donors (Lipinski definition) is 1. The summed E-state index contributed by atoms with van der Waals surface area (Å²) in [6.45, 7) is 9.40. The average Bonchev–Trinajstić information content (AvgIpc) is 3.24. The van der Waals surface area contributed by atoms with Crippen molar-refractivity contribution in [3.8, 4) is 11.3 Å². The number of carbonyl (C=O) groups is 1. The van der Waals surface area contributed by atoms with Crippen molar-refractivity contribution in [2.45, 2.75) is 39.3 Å². The highest BCUT2D eigenvalue weighted by Crippen LogP contribution is 2.30. The van der Waals surface area contributed by atoms with Crippen molar-refractivity contribution in [1.29, 1.82) is 0 Å². The van der Waals surface area contributed by atoms with Crippen LogP contribution in [0.2, 0.25) is 0 Å². The minimum Gasteiger partial charge on any atom is -0.368 e. The van der Waals surface area contributed by atoms with Crippen LogP contribution < -0.4 is 5.32 Å². The first kappa shape index (κ1) is 16.0. The maximum atomic E-state index is 12.1. The molecule has 5 nitrogen and oxygen atoms in total. The first-order valence-electron chi connectivity index (χ1n) is 7.76. The molecule has 0 bridgehead atoms. The molecule has 1 aliphatic rings. The van der Waals surface area contributed by atoms with Crippen LogP contribution in [0.4, 0.5) is 5.13 Å². The van der Waals surface area contributed by atoms with E-state index in [-0.39, 0.29) is 12.0 Å². The lowest BCUT2D eigenvalue weighted by Gasteiger charge is -2.07. The third-order valence-corrected chi connectivity index (χ3v) is 4.88. The largest absolute Gasteiger partial charge is 0.368 e. The van der Waals surface area contributed by atoms with Crippen molar-refractivity contribution >= 4 is 22.4 Å². The zero-order valence-corrected chi connectivity index (χ0v) is 14.3. The quantitative estimate of drug-likeness (QED) is 0.853. The van der Waals surface area contributed by atoms with Crippen molar-refractivity contribution in [3.63, 3.8) is 0 Å². The standard InChI is InChI=1S/C17H21N3O2S/c1-4-7-20-11(2)9-13(12(20)3)14-10-23-17(18-14)19-16(21)15-6-5-8-22-15/h4,9-10,15H,1,5-8H2,2-3H3,(H,18,19,21)/t15-/m0/s1. The SMILES string of the molecule is C=CCn1c(C)cc(-c2csc(NC(=O)[C@@H]3CCCO3)n2)c1C. The van der Waals surface area contributed by atoms with E-state index < -0.39 is 0 Å². The van der Waals surface area contributed by atoms with Crippen LogP contribution in [0.25, 0.3) is 11.3 Å². The molecule has 0 aromatic carbocycles. The number of anilines is 1. The van der Waals surface area contributed by atoms with Crippen LogP contribution >= 0.6 is 11.3 Å². The normalized spacial score (nSPS) is 17.4. The van der Waals surface area contributed by atoms with E-state index in [1.807, 2.05) is 11.5 Å². The molecule has 2 aromatic rings. The predicted octanol–water partition coefficient (Wildman–Crippen LogP) is 3.53. The lowest BCUT2D eigenvalue weighted by atomic mass is 10.2. The summed E-state index contributed by atoms with van der Waals surface area (Å²) in [4.78, 5) is 16.6. The Balaban J connectivity index is 1.78. The first-order chi connectivity index (χ1) is 11.1. The van der Waals surface area contributed by atoms with Gasteiger partial charge in [-0.25, -0.2) is 4.98 Å². The van der Waals surface area contributed by atoms with E-state index in [2.05, 4.69) is 41.4 Å². The molecule has 1 N–H and O–H groups in total. The molecule has 3 rings (SSSR count). The average molecular weight is 331 g/mol. The lowest BCUT2D eigenvalue weighted by molar-refractivity contribution is -0.124. The molecule has 0 radical (unpaired) electrons. The summed E-state index contributed by atoms with van der Waals surface area (Å²) in [5.41, 5.74) is 4.32. The van der Waals surface area contributed by atoms with Crippen molar-refractivity contribution in [3.05, 3.63) is 35.5 Å². The fraction of sp³-hybridized carbons (Fsp3) is 0.412. The van der Waals surface area contributed by atoms with Gasteiger partial charge in [-0.15, -0.1) is 17.9 Å². The van der Waals surface area contributed by atoms with Gasteiger partial charge in [0.15, 0.2) is 5.13 Å². The lowest BCUT2D eigenvalue weighted by Crippen LogP contribution is -2.26. The second kappa shape index (κ2) is 6.68. The third-order valence-electron chi connectivity index (χ3n) is 4.12. The van der Waals surface area contributed by atoms with Crippen LogP contribution in [0.15, 0.2) is 24.1 Å². The summed E-state index contributed by atoms with van der Waals surface area (Å²) in [7, 11) is 0. The van der Waals surface area contributed by atoms with Crippen LogP contribution in [-0.2, 0) is 16.1 Å². The van der Waals surface area contributed by atoms with Gasteiger partial charge in [0, 0.05) is 35.5 Å². The number of thiazole rings is 1. The molecular weight excluding hydrogens is 310 g/mol. The molecule has 1 atom stereocenters. The van der Waals surface area contributed by atoms with Crippen molar-refractivity contribution < 1.29 is 9.53 Å². The highest BCUT2D eigenvalue weighted by molar-refractivity contribution is 7.14. The predicted molar refractivity (Wildman–Crippen MR) is 92.8 cm³/mol. The second-order valence-corrected chi connectivity index (χ2v) is 6.57. The Labute approximate surface area is 140 Å². The van der Waals surface area contributed by atoms with Crippen LogP contribution in [-0.4, -0.2) is 28.2 Å². The summed E-state index contributed by atoms with van der Waals surface area (Å²) >= 11 is 1.44. The molecule has 1 aliphatic heterocycles. The molecule has 1 amide bonds. The number of ether oxygens (including phenoxy) is 1. The summed E-state index contributed by atoms with van der Waals surface area (Å²) in [6, 6.07) is 2.12. The van der Waals surface area contributed by atoms with E-state index >= 15 is 0 Å². The highest BCUT2D eigenvalue weighted by atomic mass is 32.1. The number of aromatic nitrogens is 2. The number of carbonyl (C=O) groups excluding carboxylic acids is 1. The van der Waals surface area contributed by atoms with Gasteiger partial charge < -0.3 is 9.30 Å². The van der Waals surface area contributed by atoms with Crippen molar-refractivity contribution in [2.24, 2.45) is 0 Å². The molecule has 1 fully saturated rings. The summed E-state index contributed by atoms with van der Waals surface area (Å²) < 4.78 is 7.60. The minimum atomic E-state index is -0.333. The Morgan fingerprint density at radius 1 is 1.61 bits per heavy atom. The number of nitrogens with zero attached hydrogens (tertiary/aromatic N) is 2. The van der Waals surface area contributed by atoms with Crippen LogP contribution in [0, 0.1) is 13.8 Å². The first-order valence-corrected chi connectivity index (χ1v) is 8.64. The second-order valence-electron chi connectivity index (χ2n) is 5.71. The van der Waals surface area contributed by atoms with E-state index in [4.69, 9.17) is 4.74 Å². The van der Waals surface area contributed by atoms with Gasteiger partial charge in [-0.1, -0.05) is 6.08 Å². The van der Waals surface area contributed by atoms with Crippen molar-refractivity contribution in [2.75, 3.05) is 11.9 Å². The third kappa shape index (κ3) is 3.23. The van der Waals surface area contributed by atoms with Crippen LogP contribution in [0.3, 0.4) is 0 Å². The van der Waals surface area contributed by atoms with Gasteiger partial charge in [-0.05, 0) is 32.8 Å². The molecule has 0 unspecified atom stereocenters. The zero-order chi connectivity index (χ0) is 16.4. The maximum absolute atomic E-state index is 12.1. The number of aryl methyl sites for hydroxylation is 1. The Morgan fingerprint density at radius 3 is 3.13 bits per heavy atom. The van der Waals surface area contributed by atoms with Gasteiger partial charge in [0.1, 0.15) is 6.10 Å². The Hall–Kier alpha value is -1.92. The molecule has 1 saturated heterocycles. The van der Waals surface area contributed by atoms with Crippen molar-refractivity contribution in [1.82, 2.24) is 9.55 Å². The van der Waals surface area contributed by atoms with Gasteiger partial charge in [0.25, 0.3) is 5.91 Å². The zero-order valence-electron chi connectivity index (χ0n) is 13.5. The van der Waals surface area contributed by atoms with E-state index in [1.165, 1.54) is 17.0 Å². The Kier molecular flexibility index (Phi) is 4.63. The van der Waals surface area contributed by atoms with E-state index in [0.29, 0.717) is 11.7 Å². The fourth-order valence-electron chi connectivity index (χ4n) is 2.90. The number of amides is 1. The molecule has 0 aliphatic carbocycles. The van der Waals surface area contributed by atoms with E-state index in [9.17, 15) is 4.79 Å². The molecule has 23 heavy (non-hydrogen) atoms. The molecule has 0 saturated carbocycles. The minimum absolute atomic E-state index is 0.0967. The number of nitrogens with one attached hydrogen (secondary N) is 1. The van der Waals surface area contributed by atoms with E-state index in [0.717, 1.165) is 36.3 Å². The smallest absolute Gasteiger partial charge is 0.255 e. The van der Waals surface area contributed by atoms with Crippen LogP contribution in [0.5, 0.6) is 0 Å². The molecule has 3 heterocycles. The maximum Gasteiger partial charge on any atom is 0.255 e. The Morgan fingerprint density at radius 2 is 2.43 bits per heavy atom. The molecule has 0 spiro atoms. The Bertz CT molecular complexity index is 726. The summed E-state index contributed by atoms with van der Waals surface area (Å²) in [5, 5.41) is 5.46. The van der Waals surface area contributed by atoms with Gasteiger partial charge >= 0.3 is 0 Å². The molecule has 6 heteroatoms. The molecule has 2 aromatic heterocycles. The van der Waals surface area contributed by atoms with Gasteiger partial charge in [-0.3, -0.25) is 10.1 Å². The summed E-state index contributed by atoms with van der Waals surface area (Å²) in [6.07, 6.45) is 3.28. The highest BCUT2D eigenvalue weighted by Gasteiger charge is 2.24. The number of rotatable bonds is 5. The fourth-order valence-corrected chi connectivity index (χ4v) is 3.61.